The lowest BCUT2D eigenvalue weighted by molar-refractivity contribution is -0.120. The zero-order valence-corrected chi connectivity index (χ0v) is 6.26. The van der Waals surface area contributed by atoms with Crippen LogP contribution in [0.2, 0.25) is 0 Å². The molecule has 2 heterocycles. The Morgan fingerprint density at radius 3 is 3.00 bits per heavy atom. The summed E-state index contributed by atoms with van der Waals surface area (Å²) in [6.07, 6.45) is 1.79. The van der Waals surface area contributed by atoms with Crippen LogP contribution < -0.4 is 10.6 Å². The molecule has 0 saturated carbocycles. The highest BCUT2D eigenvalue weighted by molar-refractivity contribution is 5.93. The molecule has 0 bridgehead atoms. The van der Waals surface area contributed by atoms with E-state index in [-0.39, 0.29) is 5.91 Å². The van der Waals surface area contributed by atoms with Gasteiger partial charge in [-0.2, -0.15) is 0 Å². The van der Waals surface area contributed by atoms with Gasteiger partial charge in [0.05, 0.1) is 0 Å². The summed E-state index contributed by atoms with van der Waals surface area (Å²) < 4.78 is 0. The van der Waals surface area contributed by atoms with Crippen LogP contribution in [-0.4, -0.2) is 37.0 Å². The van der Waals surface area contributed by atoms with Gasteiger partial charge in [0.2, 0.25) is 0 Å². The van der Waals surface area contributed by atoms with Crippen LogP contribution in [0.4, 0.5) is 0 Å². The van der Waals surface area contributed by atoms with Crippen LogP contribution in [0.5, 0.6) is 0 Å². The van der Waals surface area contributed by atoms with E-state index < -0.39 is 0 Å². The Balaban J connectivity index is 2.21. The average molecular weight is 153 g/mol. The topological polar surface area (TPSA) is 44.4 Å². The quantitative estimate of drug-likeness (QED) is 0.462. The van der Waals surface area contributed by atoms with Crippen LogP contribution in [-0.2, 0) is 4.79 Å². The highest BCUT2D eigenvalue weighted by Gasteiger charge is 2.23. The first-order chi connectivity index (χ1) is 5.38. The molecule has 1 saturated heterocycles. The molecule has 2 N–H and O–H groups in total. The molecule has 2 aliphatic heterocycles. The summed E-state index contributed by atoms with van der Waals surface area (Å²) in [6, 6.07) is 0. The minimum atomic E-state index is 0.0449. The lowest BCUT2D eigenvalue weighted by Crippen LogP contribution is -2.50. The molecular weight excluding hydrogens is 142 g/mol. The maximum absolute atomic E-state index is 11.2. The van der Waals surface area contributed by atoms with E-state index >= 15 is 0 Å². The zero-order valence-electron chi connectivity index (χ0n) is 6.26. The fourth-order valence-corrected chi connectivity index (χ4v) is 1.42. The Kier molecular flexibility index (Phi) is 1.45. The van der Waals surface area contributed by atoms with E-state index in [0.717, 1.165) is 31.9 Å². The molecule has 11 heavy (non-hydrogen) atoms. The molecule has 2 rings (SSSR count). The maximum atomic E-state index is 11.2. The van der Waals surface area contributed by atoms with E-state index in [2.05, 4.69) is 15.5 Å². The van der Waals surface area contributed by atoms with E-state index in [9.17, 15) is 4.79 Å². The summed E-state index contributed by atoms with van der Waals surface area (Å²) in [5.41, 5.74) is 0.780. The molecule has 1 amide bonds. The second-order valence-corrected chi connectivity index (χ2v) is 2.73. The molecule has 0 atom stereocenters. The SMILES string of the molecule is O=C1NCCN2CCNC=C12. The van der Waals surface area contributed by atoms with Gasteiger partial charge in [0.1, 0.15) is 5.70 Å². The number of carbonyl (C=O) groups is 1. The number of amides is 1. The van der Waals surface area contributed by atoms with Gasteiger partial charge >= 0.3 is 0 Å². The van der Waals surface area contributed by atoms with E-state index in [1.165, 1.54) is 0 Å². The van der Waals surface area contributed by atoms with Crippen LogP contribution in [0.1, 0.15) is 0 Å². The number of nitrogens with zero attached hydrogens (tertiary/aromatic N) is 1. The Morgan fingerprint density at radius 2 is 2.18 bits per heavy atom. The number of piperazine rings is 1. The molecule has 0 spiro atoms. The van der Waals surface area contributed by atoms with Gasteiger partial charge in [0.25, 0.3) is 5.91 Å². The molecule has 2 aliphatic rings. The van der Waals surface area contributed by atoms with E-state index in [4.69, 9.17) is 0 Å². The average Bonchev–Trinajstić information content (AvgIpc) is 2.06. The van der Waals surface area contributed by atoms with Gasteiger partial charge in [-0.05, 0) is 0 Å². The number of hydrogen-bond donors (Lipinski definition) is 2. The van der Waals surface area contributed by atoms with Crippen molar-refractivity contribution in [1.82, 2.24) is 15.5 Å². The maximum Gasteiger partial charge on any atom is 0.269 e. The van der Waals surface area contributed by atoms with Crippen LogP contribution in [0.3, 0.4) is 0 Å². The van der Waals surface area contributed by atoms with Crippen LogP contribution in [0, 0.1) is 0 Å². The molecule has 0 aromatic heterocycles. The van der Waals surface area contributed by atoms with Gasteiger partial charge in [-0.1, -0.05) is 0 Å². The summed E-state index contributed by atoms with van der Waals surface area (Å²) in [7, 11) is 0. The summed E-state index contributed by atoms with van der Waals surface area (Å²) >= 11 is 0. The lowest BCUT2D eigenvalue weighted by Gasteiger charge is -2.33. The second kappa shape index (κ2) is 2.45. The summed E-state index contributed by atoms with van der Waals surface area (Å²) in [4.78, 5) is 13.3. The minimum absolute atomic E-state index is 0.0449. The molecule has 0 unspecified atom stereocenters. The van der Waals surface area contributed by atoms with E-state index in [1.54, 1.807) is 6.20 Å². The predicted octanol–water partition coefficient (Wildman–Crippen LogP) is -1.14. The number of hydrogen-bond acceptors (Lipinski definition) is 3. The molecule has 0 aliphatic carbocycles. The third-order valence-electron chi connectivity index (χ3n) is 2.01. The minimum Gasteiger partial charge on any atom is -0.387 e. The first kappa shape index (κ1) is 6.52. The molecule has 4 heteroatoms. The first-order valence-corrected chi connectivity index (χ1v) is 3.84. The van der Waals surface area contributed by atoms with E-state index in [0.29, 0.717) is 0 Å². The molecule has 0 aromatic carbocycles. The Morgan fingerprint density at radius 1 is 1.36 bits per heavy atom. The van der Waals surface area contributed by atoms with Crippen molar-refractivity contribution in [2.75, 3.05) is 26.2 Å². The molecule has 0 aromatic rings. The van der Waals surface area contributed by atoms with Crippen molar-refractivity contribution < 1.29 is 4.79 Å². The largest absolute Gasteiger partial charge is 0.387 e. The van der Waals surface area contributed by atoms with Gasteiger partial charge in [0.15, 0.2) is 0 Å². The number of carbonyl (C=O) groups excluding carboxylic acids is 1. The van der Waals surface area contributed by atoms with Crippen LogP contribution in [0.15, 0.2) is 11.9 Å². The van der Waals surface area contributed by atoms with Crippen molar-refractivity contribution in [1.29, 1.82) is 0 Å². The van der Waals surface area contributed by atoms with Crippen molar-refractivity contribution in [3.8, 4) is 0 Å². The summed E-state index contributed by atoms with van der Waals surface area (Å²) in [6.45, 7) is 3.60. The summed E-state index contributed by atoms with van der Waals surface area (Å²) in [5, 5.41) is 5.84. The molecule has 1 fully saturated rings. The zero-order chi connectivity index (χ0) is 7.68. The Hall–Kier alpha value is -1.19. The number of fused-ring (bicyclic) bond motifs is 1. The fourth-order valence-electron chi connectivity index (χ4n) is 1.42. The predicted molar refractivity (Wildman–Crippen MR) is 40.7 cm³/mol. The monoisotopic (exact) mass is 153 g/mol. The van der Waals surface area contributed by atoms with Gasteiger partial charge < -0.3 is 15.5 Å². The Bertz CT molecular complexity index is 212. The van der Waals surface area contributed by atoms with Crippen molar-refractivity contribution in [3.05, 3.63) is 11.9 Å². The van der Waals surface area contributed by atoms with E-state index in [1.807, 2.05) is 0 Å². The highest BCUT2D eigenvalue weighted by Crippen LogP contribution is 2.08. The van der Waals surface area contributed by atoms with Crippen molar-refractivity contribution >= 4 is 5.91 Å². The second-order valence-electron chi connectivity index (χ2n) is 2.73. The molecular formula is C7H11N3O. The van der Waals surface area contributed by atoms with Crippen LogP contribution >= 0.6 is 0 Å². The van der Waals surface area contributed by atoms with Crippen molar-refractivity contribution in [2.45, 2.75) is 0 Å². The standard InChI is InChI=1S/C7H11N3O/c11-7-6-5-8-1-3-10(6)4-2-9-7/h5,8H,1-4H2,(H,9,11). The lowest BCUT2D eigenvalue weighted by atomic mass is 10.2. The van der Waals surface area contributed by atoms with Crippen molar-refractivity contribution in [2.24, 2.45) is 0 Å². The number of nitrogens with one attached hydrogen (secondary N) is 2. The normalized spacial score (nSPS) is 23.1. The van der Waals surface area contributed by atoms with Gasteiger partial charge in [-0.25, -0.2) is 0 Å². The van der Waals surface area contributed by atoms with Gasteiger partial charge in [-0.15, -0.1) is 0 Å². The molecule has 0 radical (unpaired) electrons. The fraction of sp³-hybridized carbons (Fsp3) is 0.571. The van der Waals surface area contributed by atoms with Gasteiger partial charge in [0, 0.05) is 32.4 Å². The number of rotatable bonds is 0. The smallest absolute Gasteiger partial charge is 0.269 e. The van der Waals surface area contributed by atoms with Gasteiger partial charge in [-0.3, -0.25) is 4.79 Å². The highest BCUT2D eigenvalue weighted by atomic mass is 16.2. The molecule has 4 nitrogen and oxygen atoms in total. The summed E-state index contributed by atoms with van der Waals surface area (Å²) in [5.74, 6) is 0.0449. The third-order valence-corrected chi connectivity index (χ3v) is 2.01. The van der Waals surface area contributed by atoms with Crippen LogP contribution in [0.25, 0.3) is 0 Å². The van der Waals surface area contributed by atoms with Crippen molar-refractivity contribution in [3.63, 3.8) is 0 Å². The Labute approximate surface area is 65.2 Å². The third kappa shape index (κ3) is 1.04. The molecule has 60 valence electrons. The first-order valence-electron chi connectivity index (χ1n) is 3.84.